The number of pyridine rings is 1. The molecule has 0 spiro atoms. The highest BCUT2D eigenvalue weighted by Gasteiger charge is 2.47. The SMILES string of the molecule is COc1ccc(C2C=NN=N2)cc1C(=O)N1CCC(CCN2CCC(C(=O)NN3CCCC3C(=O)O)(c3cccnc3)CC2)(c2ccc(Cl)c(Cl)c2)C1. The fourth-order valence-electron chi connectivity index (χ4n) is 8.28. The van der Waals surface area contributed by atoms with E-state index in [1.54, 1.807) is 36.8 Å². The van der Waals surface area contributed by atoms with Crippen LogP contribution in [0, 0.1) is 0 Å². The van der Waals surface area contributed by atoms with Crippen molar-refractivity contribution in [3.8, 4) is 5.75 Å². The van der Waals surface area contributed by atoms with E-state index in [1.807, 2.05) is 47.4 Å². The Labute approximate surface area is 318 Å². The van der Waals surface area contributed by atoms with Gasteiger partial charge in [-0.25, -0.2) is 5.01 Å². The number of ether oxygens (including phenoxy) is 1. The highest BCUT2D eigenvalue weighted by Crippen LogP contribution is 2.43. The largest absolute Gasteiger partial charge is 0.496 e. The van der Waals surface area contributed by atoms with Gasteiger partial charge in [-0.2, -0.15) is 5.11 Å². The van der Waals surface area contributed by atoms with Crippen LogP contribution in [0.5, 0.6) is 5.75 Å². The lowest BCUT2D eigenvalue weighted by Crippen LogP contribution is -2.57. The highest BCUT2D eigenvalue weighted by molar-refractivity contribution is 6.42. The average Bonchev–Trinajstić information content (AvgIpc) is 3.98. The summed E-state index contributed by atoms with van der Waals surface area (Å²) in [4.78, 5) is 48.7. The first-order valence-corrected chi connectivity index (χ1v) is 18.7. The maximum atomic E-state index is 14.2. The maximum absolute atomic E-state index is 14.2. The molecule has 0 saturated carbocycles. The molecular weight excluding hydrogens is 719 g/mol. The number of nitrogens with one attached hydrogen (secondary N) is 1. The molecule has 4 aliphatic rings. The Morgan fingerprint density at radius 1 is 1.00 bits per heavy atom. The maximum Gasteiger partial charge on any atom is 0.322 e. The molecule has 3 atom stereocenters. The molecular formula is C38H42Cl2N8O5. The lowest BCUT2D eigenvalue weighted by atomic mass is 9.72. The molecule has 2 aromatic carbocycles. The normalized spacial score (nSPS) is 24.1. The Morgan fingerprint density at radius 3 is 2.53 bits per heavy atom. The Hall–Kier alpha value is -4.43. The molecule has 3 unspecified atom stereocenters. The number of aliphatic carboxylic acids is 1. The molecule has 2 amide bonds. The summed E-state index contributed by atoms with van der Waals surface area (Å²) in [7, 11) is 1.55. The second kappa shape index (κ2) is 15.5. The van der Waals surface area contributed by atoms with Gasteiger partial charge in [0.1, 0.15) is 17.8 Å². The standard InChI is InChI=1S/C38H42Cl2N8O5/c1-53-33-9-6-25(31-23-42-45-43-31)20-28(33)34(49)47-19-11-37(24-47,26-7-8-29(39)30(40)21-26)10-16-46-17-12-38(13-18-46,27-4-2-14-41-22-27)36(52)44-48-15-3-5-32(48)35(50)51/h2,4,6-9,14,20-23,31-32H,3,5,10-13,15-19,24H2,1H3,(H,44,52)(H,50,51). The number of aromatic nitrogens is 1. The number of amides is 2. The third kappa shape index (κ3) is 7.40. The van der Waals surface area contributed by atoms with Crippen molar-refractivity contribution < 1.29 is 24.2 Å². The van der Waals surface area contributed by atoms with Crippen LogP contribution in [0.2, 0.25) is 10.0 Å². The van der Waals surface area contributed by atoms with Crippen LogP contribution in [0.25, 0.3) is 0 Å². The van der Waals surface area contributed by atoms with Gasteiger partial charge in [0.25, 0.3) is 5.91 Å². The summed E-state index contributed by atoms with van der Waals surface area (Å²) in [5.41, 5.74) is 4.83. The molecule has 278 valence electrons. The number of halogens is 2. The Balaban J connectivity index is 1.09. The molecule has 3 aromatic rings. The van der Waals surface area contributed by atoms with Crippen LogP contribution in [0.15, 0.2) is 76.4 Å². The zero-order valence-corrected chi connectivity index (χ0v) is 31.0. The molecule has 4 aliphatic heterocycles. The van der Waals surface area contributed by atoms with Gasteiger partial charge >= 0.3 is 5.97 Å². The number of methoxy groups -OCH3 is 1. The minimum Gasteiger partial charge on any atom is -0.496 e. The van der Waals surface area contributed by atoms with E-state index in [9.17, 15) is 19.5 Å². The number of piperidine rings is 1. The molecule has 2 N–H and O–H groups in total. The van der Waals surface area contributed by atoms with Crippen molar-refractivity contribution >= 4 is 47.2 Å². The number of carboxylic acid groups (broad SMARTS) is 1. The minimum atomic E-state index is -0.935. The second-order valence-corrected chi connectivity index (χ2v) is 15.1. The first kappa shape index (κ1) is 36.9. The molecule has 0 aliphatic carbocycles. The van der Waals surface area contributed by atoms with Gasteiger partial charge in [-0.1, -0.05) is 41.4 Å². The summed E-state index contributed by atoms with van der Waals surface area (Å²) >= 11 is 12.9. The van der Waals surface area contributed by atoms with Gasteiger partial charge in [-0.3, -0.25) is 24.8 Å². The monoisotopic (exact) mass is 760 g/mol. The third-order valence-corrected chi connectivity index (χ3v) is 12.2. The first-order chi connectivity index (χ1) is 25.6. The van der Waals surface area contributed by atoms with Gasteiger partial charge in [-0.05, 0) is 110 Å². The molecule has 1 aromatic heterocycles. The van der Waals surface area contributed by atoms with E-state index < -0.39 is 22.8 Å². The number of likely N-dealkylation sites (tertiary alicyclic amines) is 2. The number of nitrogens with zero attached hydrogens (tertiary/aromatic N) is 7. The van der Waals surface area contributed by atoms with Crippen molar-refractivity contribution in [1.29, 1.82) is 0 Å². The van der Waals surface area contributed by atoms with Gasteiger partial charge in [0.2, 0.25) is 5.91 Å². The summed E-state index contributed by atoms with van der Waals surface area (Å²) in [6, 6.07) is 13.9. The number of hydrazine groups is 1. The first-order valence-electron chi connectivity index (χ1n) is 17.9. The van der Waals surface area contributed by atoms with E-state index in [0.29, 0.717) is 79.8 Å². The van der Waals surface area contributed by atoms with Crippen molar-refractivity contribution in [3.63, 3.8) is 0 Å². The number of carboxylic acids is 1. The summed E-state index contributed by atoms with van der Waals surface area (Å²) in [5, 5.41) is 23.9. The van der Waals surface area contributed by atoms with Crippen LogP contribution in [0.4, 0.5) is 0 Å². The molecule has 13 nitrogen and oxygen atoms in total. The van der Waals surface area contributed by atoms with Gasteiger partial charge in [0.15, 0.2) is 0 Å². The lowest BCUT2D eigenvalue weighted by Gasteiger charge is -2.42. The van der Waals surface area contributed by atoms with Crippen LogP contribution in [-0.4, -0.2) is 101 Å². The van der Waals surface area contributed by atoms with Crippen LogP contribution >= 0.6 is 23.2 Å². The molecule has 53 heavy (non-hydrogen) atoms. The smallest absolute Gasteiger partial charge is 0.322 e. The topological polar surface area (TPSA) is 152 Å². The number of carbonyl (C=O) groups is 3. The predicted octanol–water partition coefficient (Wildman–Crippen LogP) is 5.68. The van der Waals surface area contributed by atoms with Gasteiger partial charge in [0, 0.05) is 37.4 Å². The van der Waals surface area contributed by atoms with Crippen molar-refractivity contribution in [2.24, 2.45) is 15.4 Å². The van der Waals surface area contributed by atoms with Crippen molar-refractivity contribution in [1.82, 2.24) is 25.2 Å². The van der Waals surface area contributed by atoms with Crippen LogP contribution in [-0.2, 0) is 20.4 Å². The zero-order chi connectivity index (χ0) is 37.2. The number of benzene rings is 2. The molecule has 5 heterocycles. The molecule has 0 bridgehead atoms. The van der Waals surface area contributed by atoms with E-state index in [-0.39, 0.29) is 17.9 Å². The van der Waals surface area contributed by atoms with Crippen molar-refractivity contribution in [2.45, 2.75) is 61.4 Å². The summed E-state index contributed by atoms with van der Waals surface area (Å²) in [6.07, 6.45) is 8.82. The average molecular weight is 762 g/mol. The van der Waals surface area contributed by atoms with Gasteiger partial charge in [0.05, 0.1) is 34.3 Å². The molecule has 3 saturated heterocycles. The fraction of sp³-hybridized carbons (Fsp3) is 0.447. The number of rotatable bonds is 11. The Bertz CT molecular complexity index is 1910. The van der Waals surface area contributed by atoms with Crippen LogP contribution in [0.3, 0.4) is 0 Å². The van der Waals surface area contributed by atoms with E-state index in [0.717, 1.165) is 36.1 Å². The number of carbonyl (C=O) groups excluding carboxylic acids is 2. The number of hydrogen-bond acceptors (Lipinski definition) is 10. The lowest BCUT2D eigenvalue weighted by molar-refractivity contribution is -0.145. The van der Waals surface area contributed by atoms with Gasteiger partial charge in [-0.15, -0.1) is 5.10 Å². The molecule has 0 radical (unpaired) electrons. The third-order valence-electron chi connectivity index (χ3n) is 11.5. The second-order valence-electron chi connectivity index (χ2n) is 14.3. The van der Waals surface area contributed by atoms with E-state index in [4.69, 9.17) is 27.9 Å². The Kier molecular flexibility index (Phi) is 10.8. The summed E-state index contributed by atoms with van der Waals surface area (Å²) < 4.78 is 5.62. The molecule has 7 rings (SSSR count). The highest BCUT2D eigenvalue weighted by atomic mass is 35.5. The van der Waals surface area contributed by atoms with Crippen LogP contribution in [0.1, 0.15) is 71.6 Å². The van der Waals surface area contributed by atoms with E-state index >= 15 is 0 Å². The summed E-state index contributed by atoms with van der Waals surface area (Å²) in [6.45, 7) is 3.53. The molecule has 3 fully saturated rings. The van der Waals surface area contributed by atoms with E-state index in [2.05, 4.69) is 30.7 Å². The predicted molar refractivity (Wildman–Crippen MR) is 199 cm³/mol. The number of hydrogen-bond donors (Lipinski definition) is 2. The van der Waals surface area contributed by atoms with Gasteiger partial charge < -0.3 is 19.6 Å². The quantitative estimate of drug-likeness (QED) is 0.254. The zero-order valence-electron chi connectivity index (χ0n) is 29.5. The van der Waals surface area contributed by atoms with Crippen molar-refractivity contribution in [3.05, 3.63) is 93.2 Å². The Morgan fingerprint density at radius 2 is 1.83 bits per heavy atom. The van der Waals surface area contributed by atoms with Crippen molar-refractivity contribution in [2.75, 3.05) is 46.4 Å². The fourth-order valence-corrected chi connectivity index (χ4v) is 8.58. The van der Waals surface area contributed by atoms with E-state index in [1.165, 1.54) is 0 Å². The molecule has 15 heteroatoms. The van der Waals surface area contributed by atoms with Crippen LogP contribution < -0.4 is 10.2 Å². The summed E-state index contributed by atoms with van der Waals surface area (Å²) in [5.74, 6) is -0.783. The minimum absolute atomic E-state index is 0.133.